The highest BCUT2D eigenvalue weighted by molar-refractivity contribution is 5.71. The minimum Gasteiger partial charge on any atom is -0.462 e. The Morgan fingerprint density at radius 1 is 0.296 bits per heavy atom. The lowest BCUT2D eigenvalue weighted by Crippen LogP contribution is -2.30. The molecule has 0 N–H and O–H groups in total. The predicted molar refractivity (Wildman–Crippen MR) is 307 cm³/mol. The fourth-order valence-corrected chi connectivity index (χ4v) is 7.89. The minimum atomic E-state index is -0.819. The molecule has 0 fully saturated rings. The molecule has 6 nitrogen and oxygen atoms in total. The highest BCUT2D eigenvalue weighted by Gasteiger charge is 2.19. The lowest BCUT2D eigenvalue weighted by molar-refractivity contribution is -0.167. The van der Waals surface area contributed by atoms with Gasteiger partial charge in [0.25, 0.3) is 0 Å². The van der Waals surface area contributed by atoms with E-state index in [-0.39, 0.29) is 37.5 Å². The van der Waals surface area contributed by atoms with E-state index in [1.165, 1.54) is 116 Å². The van der Waals surface area contributed by atoms with Crippen LogP contribution in [0.4, 0.5) is 0 Å². The Balaban J connectivity index is 4.42. The van der Waals surface area contributed by atoms with Crippen LogP contribution in [0.25, 0.3) is 0 Å². The molecule has 0 aliphatic carbocycles. The van der Waals surface area contributed by atoms with Crippen LogP contribution in [-0.2, 0) is 28.6 Å². The third-order valence-electron chi connectivity index (χ3n) is 12.2. The molecule has 6 heteroatoms. The van der Waals surface area contributed by atoms with E-state index in [0.29, 0.717) is 25.7 Å². The second kappa shape index (κ2) is 58.6. The van der Waals surface area contributed by atoms with Gasteiger partial charge in [0, 0.05) is 19.3 Å². The van der Waals surface area contributed by atoms with E-state index in [0.717, 1.165) is 96.3 Å². The minimum absolute atomic E-state index is 0.109. The topological polar surface area (TPSA) is 78.9 Å². The molecule has 0 aromatic heterocycles. The highest BCUT2D eigenvalue weighted by atomic mass is 16.6. The van der Waals surface area contributed by atoms with Gasteiger partial charge in [0.15, 0.2) is 6.10 Å². The molecular weight excluding hydrogens is 877 g/mol. The van der Waals surface area contributed by atoms with Gasteiger partial charge in [0.1, 0.15) is 13.2 Å². The Labute approximate surface area is 438 Å². The molecule has 0 bridgehead atoms. The number of carbonyl (C=O) groups excluding carboxylic acids is 3. The summed E-state index contributed by atoms with van der Waals surface area (Å²) in [6.07, 6.45) is 79.5. The quantitative estimate of drug-likeness (QED) is 0.0261. The van der Waals surface area contributed by atoms with Crippen LogP contribution in [0.3, 0.4) is 0 Å². The summed E-state index contributed by atoms with van der Waals surface area (Å²) >= 11 is 0. The summed E-state index contributed by atoms with van der Waals surface area (Å²) in [4.78, 5) is 38.1. The zero-order chi connectivity index (χ0) is 51.4. The molecular formula is C65H108O6. The molecule has 0 aromatic rings. The molecule has 0 saturated heterocycles. The number of allylic oxidation sites excluding steroid dienone is 18. The second-order valence-electron chi connectivity index (χ2n) is 19.1. The molecule has 404 valence electrons. The van der Waals surface area contributed by atoms with Crippen LogP contribution in [0.15, 0.2) is 109 Å². The van der Waals surface area contributed by atoms with Crippen molar-refractivity contribution < 1.29 is 28.6 Å². The molecule has 1 unspecified atom stereocenters. The summed E-state index contributed by atoms with van der Waals surface area (Å²) in [7, 11) is 0. The average Bonchev–Trinajstić information content (AvgIpc) is 3.37. The smallest absolute Gasteiger partial charge is 0.306 e. The largest absolute Gasteiger partial charge is 0.462 e. The van der Waals surface area contributed by atoms with Crippen LogP contribution < -0.4 is 0 Å². The van der Waals surface area contributed by atoms with Gasteiger partial charge in [-0.3, -0.25) is 14.4 Å². The normalized spacial score (nSPS) is 12.9. The third-order valence-corrected chi connectivity index (χ3v) is 12.2. The number of hydrogen-bond acceptors (Lipinski definition) is 6. The maximum absolute atomic E-state index is 12.8. The Morgan fingerprint density at radius 2 is 0.549 bits per heavy atom. The van der Waals surface area contributed by atoms with Crippen LogP contribution in [0.5, 0.6) is 0 Å². The van der Waals surface area contributed by atoms with Crippen LogP contribution in [0.2, 0.25) is 0 Å². The predicted octanol–water partition coefficient (Wildman–Crippen LogP) is 19.9. The van der Waals surface area contributed by atoms with Crippen LogP contribution in [0, 0.1) is 0 Å². The van der Waals surface area contributed by atoms with Gasteiger partial charge in [-0.25, -0.2) is 0 Å². The monoisotopic (exact) mass is 985 g/mol. The first-order chi connectivity index (χ1) is 35.0. The van der Waals surface area contributed by atoms with Crippen LogP contribution in [0.1, 0.15) is 265 Å². The van der Waals surface area contributed by atoms with Crippen LogP contribution >= 0.6 is 0 Å². The number of esters is 3. The van der Waals surface area contributed by atoms with E-state index in [2.05, 4.69) is 130 Å². The number of carbonyl (C=O) groups is 3. The summed E-state index contributed by atoms with van der Waals surface area (Å²) in [5.74, 6) is -0.995. The summed E-state index contributed by atoms with van der Waals surface area (Å²) in [6.45, 7) is 6.35. The number of ether oxygens (including phenoxy) is 3. The summed E-state index contributed by atoms with van der Waals surface area (Å²) in [6, 6.07) is 0. The van der Waals surface area contributed by atoms with Crippen molar-refractivity contribution in [1.82, 2.24) is 0 Å². The standard InChI is InChI=1S/C65H108O6/c1-4-7-10-13-16-19-22-25-28-29-30-31-32-33-34-35-38-40-43-46-49-52-55-58-64(67)70-61-62(71-65(68)59-56-53-50-47-44-41-37-27-24-21-18-15-12-9-6-3)60-69-63(66)57-54-51-48-45-42-39-36-26-23-20-17-14-11-8-5-2/h8-9,11-12,17-18,20-21,26-27,29-30,36-37,42,44-45,47,62H,4-7,10,13-16,19,22-25,28,31-35,38-41,43,46,48-61H2,1-3H3/b11-8-,12-9-,20-17-,21-18-,30-29-,36-26-,37-27-,45-42-,47-44-. The van der Waals surface area contributed by atoms with E-state index in [1.807, 2.05) is 0 Å². The van der Waals surface area contributed by atoms with E-state index < -0.39 is 6.10 Å². The highest BCUT2D eigenvalue weighted by Crippen LogP contribution is 2.15. The molecule has 0 heterocycles. The summed E-state index contributed by atoms with van der Waals surface area (Å²) < 4.78 is 16.8. The zero-order valence-corrected chi connectivity index (χ0v) is 46.2. The van der Waals surface area contributed by atoms with Crippen molar-refractivity contribution in [2.24, 2.45) is 0 Å². The summed E-state index contributed by atoms with van der Waals surface area (Å²) in [5, 5.41) is 0. The fourth-order valence-electron chi connectivity index (χ4n) is 7.89. The molecule has 0 spiro atoms. The van der Waals surface area contributed by atoms with Gasteiger partial charge in [-0.2, -0.15) is 0 Å². The van der Waals surface area contributed by atoms with Crippen molar-refractivity contribution in [3.05, 3.63) is 109 Å². The lowest BCUT2D eigenvalue weighted by atomic mass is 10.0. The van der Waals surface area contributed by atoms with Gasteiger partial charge >= 0.3 is 17.9 Å². The van der Waals surface area contributed by atoms with Crippen molar-refractivity contribution in [2.45, 2.75) is 271 Å². The Bertz CT molecular complexity index is 1460. The van der Waals surface area contributed by atoms with Crippen molar-refractivity contribution in [2.75, 3.05) is 13.2 Å². The Kier molecular flexibility index (Phi) is 55.4. The van der Waals surface area contributed by atoms with Gasteiger partial charge in [0.2, 0.25) is 0 Å². The van der Waals surface area contributed by atoms with E-state index in [4.69, 9.17) is 14.2 Å². The molecule has 0 aliphatic rings. The van der Waals surface area contributed by atoms with Crippen molar-refractivity contribution in [1.29, 1.82) is 0 Å². The lowest BCUT2D eigenvalue weighted by Gasteiger charge is -2.18. The molecule has 0 amide bonds. The van der Waals surface area contributed by atoms with Gasteiger partial charge in [0.05, 0.1) is 0 Å². The van der Waals surface area contributed by atoms with Gasteiger partial charge in [-0.15, -0.1) is 0 Å². The summed E-state index contributed by atoms with van der Waals surface area (Å²) in [5.41, 5.74) is 0. The Hall–Kier alpha value is -3.93. The number of unbranched alkanes of at least 4 members (excludes halogenated alkanes) is 23. The Morgan fingerprint density at radius 3 is 0.901 bits per heavy atom. The second-order valence-corrected chi connectivity index (χ2v) is 19.1. The number of hydrogen-bond donors (Lipinski definition) is 0. The van der Waals surface area contributed by atoms with E-state index in [9.17, 15) is 14.4 Å². The van der Waals surface area contributed by atoms with Gasteiger partial charge in [-0.05, 0) is 122 Å². The van der Waals surface area contributed by atoms with Crippen LogP contribution in [-0.4, -0.2) is 37.2 Å². The first-order valence-electron chi connectivity index (χ1n) is 29.4. The van der Waals surface area contributed by atoms with Gasteiger partial charge < -0.3 is 14.2 Å². The molecule has 0 aromatic carbocycles. The third kappa shape index (κ3) is 56.9. The zero-order valence-electron chi connectivity index (χ0n) is 46.2. The first kappa shape index (κ1) is 67.1. The molecule has 0 aliphatic heterocycles. The fraction of sp³-hybridized carbons (Fsp3) is 0.677. The first-order valence-corrected chi connectivity index (χ1v) is 29.4. The van der Waals surface area contributed by atoms with Gasteiger partial charge in [-0.1, -0.05) is 233 Å². The molecule has 1 atom stereocenters. The van der Waals surface area contributed by atoms with Crippen molar-refractivity contribution in [3.63, 3.8) is 0 Å². The van der Waals surface area contributed by atoms with Crippen molar-refractivity contribution in [3.8, 4) is 0 Å². The maximum Gasteiger partial charge on any atom is 0.306 e. The number of rotatable bonds is 52. The molecule has 0 rings (SSSR count). The van der Waals surface area contributed by atoms with E-state index >= 15 is 0 Å². The maximum atomic E-state index is 12.8. The molecule has 0 saturated carbocycles. The van der Waals surface area contributed by atoms with Crippen molar-refractivity contribution >= 4 is 17.9 Å². The average molecular weight is 986 g/mol. The SMILES string of the molecule is CC/C=C\C/C=C\C/C=C\C/C=C\CCCCC(=O)OCC(COC(=O)CCCCCCCCCCCCC/C=C\CCCCCCCCCC)OC(=O)CCCC/C=C\C/C=C\C/C=C\C/C=C\CC. The molecule has 71 heavy (non-hydrogen) atoms. The molecule has 0 radical (unpaired) electrons. The van der Waals surface area contributed by atoms with E-state index in [1.54, 1.807) is 0 Å².